The molecule has 2 heterocycles. The van der Waals surface area contributed by atoms with Gasteiger partial charge in [0.15, 0.2) is 11.5 Å². The number of hydrogen-bond acceptors (Lipinski definition) is 7. The molecule has 3 rings (SSSR count). The number of nitrogen functional groups attached to an aromatic ring is 1. The molecule has 26 heavy (non-hydrogen) atoms. The molecule has 0 bridgehead atoms. The van der Waals surface area contributed by atoms with Crippen LogP contribution in [0.25, 0.3) is 0 Å². The predicted octanol–water partition coefficient (Wildman–Crippen LogP) is 0.192. The average Bonchev–Trinajstić information content (AvgIpc) is 3.09. The van der Waals surface area contributed by atoms with Gasteiger partial charge in [-0.2, -0.15) is 0 Å². The van der Waals surface area contributed by atoms with E-state index >= 15 is 0 Å². The van der Waals surface area contributed by atoms with Crippen LogP contribution in [0.15, 0.2) is 27.8 Å². The Morgan fingerprint density at radius 1 is 1.19 bits per heavy atom. The number of nitro groups is 1. The summed E-state index contributed by atoms with van der Waals surface area (Å²) >= 11 is 0. The van der Waals surface area contributed by atoms with Crippen molar-refractivity contribution in [2.75, 3.05) is 12.5 Å². The van der Waals surface area contributed by atoms with Gasteiger partial charge in [0.25, 0.3) is 5.56 Å². The van der Waals surface area contributed by atoms with E-state index in [-0.39, 0.29) is 18.2 Å². The maximum Gasteiger partial charge on any atom is 0.332 e. The maximum atomic E-state index is 12.7. The minimum Gasteiger partial charge on any atom is -0.454 e. The minimum absolute atomic E-state index is 0.00216. The van der Waals surface area contributed by atoms with Gasteiger partial charge in [-0.3, -0.25) is 24.0 Å². The Bertz CT molecular complexity index is 1010. The molecular weight excluding hydrogens is 344 g/mol. The van der Waals surface area contributed by atoms with Crippen molar-refractivity contribution < 1.29 is 14.4 Å². The van der Waals surface area contributed by atoms with Crippen molar-refractivity contribution in [2.45, 2.75) is 18.9 Å². The van der Waals surface area contributed by atoms with E-state index in [0.717, 1.165) is 9.13 Å². The van der Waals surface area contributed by atoms with Crippen LogP contribution in [-0.4, -0.2) is 26.9 Å². The second kappa shape index (κ2) is 6.21. The number of hydrogen-bond donors (Lipinski definition) is 1. The van der Waals surface area contributed by atoms with Crippen molar-refractivity contribution in [3.05, 3.63) is 60.3 Å². The third kappa shape index (κ3) is 2.59. The zero-order valence-corrected chi connectivity index (χ0v) is 14.5. The first kappa shape index (κ1) is 17.5. The molecule has 1 aliphatic rings. The molecular formula is C16H18N4O6. The number of ether oxygens (including phenoxy) is 2. The number of aromatic nitrogens is 2. The van der Waals surface area contributed by atoms with Gasteiger partial charge in [0.1, 0.15) is 5.82 Å². The molecule has 0 spiro atoms. The summed E-state index contributed by atoms with van der Waals surface area (Å²) in [6, 6.07) is 3.68. The molecule has 0 saturated heterocycles. The largest absolute Gasteiger partial charge is 0.454 e. The lowest BCUT2D eigenvalue weighted by atomic mass is 9.86. The Kier molecular flexibility index (Phi) is 4.18. The summed E-state index contributed by atoms with van der Waals surface area (Å²) in [6.07, 6.45) is 0. The van der Waals surface area contributed by atoms with Crippen molar-refractivity contribution in [3.63, 3.8) is 0 Å². The lowest BCUT2D eigenvalue weighted by molar-refractivity contribution is -0.520. The first-order valence-corrected chi connectivity index (χ1v) is 7.82. The van der Waals surface area contributed by atoms with Crippen LogP contribution in [0.3, 0.4) is 0 Å². The van der Waals surface area contributed by atoms with Crippen LogP contribution in [0.1, 0.15) is 24.0 Å². The Hall–Kier alpha value is -3.30. The Balaban J connectivity index is 2.29. The van der Waals surface area contributed by atoms with Gasteiger partial charge in [-0.25, -0.2) is 4.79 Å². The second-order valence-electron chi connectivity index (χ2n) is 6.12. The number of benzene rings is 1. The number of nitrogens with zero attached hydrogens (tertiary/aromatic N) is 3. The summed E-state index contributed by atoms with van der Waals surface area (Å²) in [6.45, 7) is 1.44. The molecule has 1 aromatic carbocycles. The molecule has 0 saturated carbocycles. The van der Waals surface area contributed by atoms with Crippen LogP contribution in [0.5, 0.6) is 11.5 Å². The quantitative estimate of drug-likeness (QED) is 0.606. The molecule has 1 aromatic heterocycles. The van der Waals surface area contributed by atoms with E-state index in [4.69, 9.17) is 15.2 Å². The second-order valence-corrected chi connectivity index (χ2v) is 6.12. The van der Waals surface area contributed by atoms with Gasteiger partial charge in [-0.05, 0) is 17.7 Å². The monoisotopic (exact) mass is 362 g/mol. The van der Waals surface area contributed by atoms with Crippen LogP contribution in [0, 0.1) is 10.1 Å². The van der Waals surface area contributed by atoms with Crippen molar-refractivity contribution in [2.24, 2.45) is 14.1 Å². The smallest absolute Gasteiger partial charge is 0.332 e. The van der Waals surface area contributed by atoms with Crippen molar-refractivity contribution >= 4 is 5.82 Å². The topological polar surface area (TPSA) is 132 Å². The average molecular weight is 362 g/mol. The van der Waals surface area contributed by atoms with E-state index in [1.807, 2.05) is 0 Å². The molecule has 0 fully saturated rings. The molecule has 0 radical (unpaired) electrons. The van der Waals surface area contributed by atoms with Gasteiger partial charge in [-0.1, -0.05) is 6.07 Å². The molecule has 10 heteroatoms. The van der Waals surface area contributed by atoms with Gasteiger partial charge in [0.05, 0.1) is 11.5 Å². The summed E-state index contributed by atoms with van der Waals surface area (Å²) in [5, 5.41) is 11.5. The van der Waals surface area contributed by atoms with E-state index in [0.29, 0.717) is 17.1 Å². The third-order valence-corrected chi connectivity index (χ3v) is 4.63. The van der Waals surface area contributed by atoms with Crippen LogP contribution >= 0.6 is 0 Å². The summed E-state index contributed by atoms with van der Waals surface area (Å²) in [4.78, 5) is 35.8. The van der Waals surface area contributed by atoms with E-state index < -0.39 is 28.1 Å². The number of anilines is 1. The first-order valence-electron chi connectivity index (χ1n) is 7.82. The fraction of sp³-hybridized carbons (Fsp3) is 0.375. The summed E-state index contributed by atoms with van der Waals surface area (Å²) < 4.78 is 12.6. The molecule has 10 nitrogen and oxygen atoms in total. The normalized spacial score (nSPS) is 14.9. The van der Waals surface area contributed by atoms with Gasteiger partial charge in [0, 0.05) is 25.9 Å². The summed E-state index contributed by atoms with van der Waals surface area (Å²) in [5.74, 6) is -0.120. The van der Waals surface area contributed by atoms with Gasteiger partial charge < -0.3 is 15.2 Å². The van der Waals surface area contributed by atoms with Gasteiger partial charge in [-0.15, -0.1) is 0 Å². The highest BCUT2D eigenvalue weighted by Gasteiger charge is 2.36. The molecule has 2 atom stereocenters. The fourth-order valence-corrected chi connectivity index (χ4v) is 3.09. The van der Waals surface area contributed by atoms with Crippen molar-refractivity contribution in [1.29, 1.82) is 0 Å². The van der Waals surface area contributed by atoms with Gasteiger partial charge in [0.2, 0.25) is 12.8 Å². The van der Waals surface area contributed by atoms with Crippen LogP contribution in [0.2, 0.25) is 0 Å². The van der Waals surface area contributed by atoms with Gasteiger partial charge >= 0.3 is 5.69 Å². The number of rotatable bonds is 4. The molecule has 2 N–H and O–H groups in total. The molecule has 138 valence electrons. The third-order valence-electron chi connectivity index (χ3n) is 4.63. The van der Waals surface area contributed by atoms with E-state index in [1.165, 1.54) is 21.0 Å². The molecule has 0 unspecified atom stereocenters. The Labute approximate surface area is 147 Å². The van der Waals surface area contributed by atoms with Crippen LogP contribution in [-0.2, 0) is 14.1 Å². The molecule has 2 aromatic rings. The molecule has 0 aliphatic carbocycles. The first-order chi connectivity index (χ1) is 12.2. The number of fused-ring (bicyclic) bond motifs is 1. The highest BCUT2D eigenvalue weighted by Crippen LogP contribution is 2.38. The SMILES string of the molecule is C[C@H]([C@H](c1ccc2c(c1)OCO2)c1c(N)n(C)c(=O)n(C)c1=O)[N+](=O)[O-]. The highest BCUT2D eigenvalue weighted by atomic mass is 16.7. The molecule has 1 aliphatic heterocycles. The highest BCUT2D eigenvalue weighted by molar-refractivity contribution is 5.51. The Morgan fingerprint density at radius 2 is 1.85 bits per heavy atom. The van der Waals surface area contributed by atoms with E-state index in [2.05, 4.69) is 0 Å². The standard InChI is InChI=1S/C16H18N4O6/c1-8(20(23)24)12(9-4-5-10-11(6-9)26-7-25-10)13-14(17)18(2)16(22)19(3)15(13)21/h4-6,8,12H,7,17H2,1-3H3/t8-,12-/m1/s1. The number of nitrogens with two attached hydrogens (primary N) is 1. The zero-order chi connectivity index (χ0) is 19.2. The lowest BCUT2D eigenvalue weighted by Crippen LogP contribution is -2.43. The maximum absolute atomic E-state index is 12.7. The predicted molar refractivity (Wildman–Crippen MR) is 92.2 cm³/mol. The van der Waals surface area contributed by atoms with Crippen molar-refractivity contribution in [3.8, 4) is 11.5 Å². The van der Waals surface area contributed by atoms with Crippen molar-refractivity contribution in [1.82, 2.24) is 9.13 Å². The minimum atomic E-state index is -1.16. The lowest BCUT2D eigenvalue weighted by Gasteiger charge is -2.22. The fourth-order valence-electron chi connectivity index (χ4n) is 3.09. The molecule has 0 amide bonds. The van der Waals surface area contributed by atoms with Crippen LogP contribution in [0.4, 0.5) is 5.82 Å². The zero-order valence-electron chi connectivity index (χ0n) is 14.5. The summed E-state index contributed by atoms with van der Waals surface area (Å²) in [7, 11) is 2.72. The van der Waals surface area contributed by atoms with E-state index in [9.17, 15) is 19.7 Å². The Morgan fingerprint density at radius 3 is 2.50 bits per heavy atom. The van der Waals surface area contributed by atoms with Crippen LogP contribution < -0.4 is 26.5 Å². The van der Waals surface area contributed by atoms with E-state index in [1.54, 1.807) is 18.2 Å². The summed E-state index contributed by atoms with van der Waals surface area (Å²) in [5.41, 5.74) is 5.22.